The highest BCUT2D eigenvalue weighted by atomic mass is 79.9. The van der Waals surface area contributed by atoms with E-state index in [2.05, 4.69) is 38.0 Å². The smallest absolute Gasteiger partial charge is 0.107 e. The predicted octanol–water partition coefficient (Wildman–Crippen LogP) is 4.45. The Kier molecular flexibility index (Phi) is 3.19. The molecular weight excluding hydrogens is 276 g/mol. The van der Waals surface area contributed by atoms with Crippen LogP contribution in [0.25, 0.3) is 11.0 Å². The Balaban J connectivity index is 1.72. The summed E-state index contributed by atoms with van der Waals surface area (Å²) in [5, 5.41) is 0. The van der Waals surface area contributed by atoms with Gasteiger partial charge >= 0.3 is 0 Å². The number of nitrogens with zero attached hydrogens (tertiary/aromatic N) is 1. The summed E-state index contributed by atoms with van der Waals surface area (Å²) in [6.07, 6.45) is 8.09. The number of nitrogens with one attached hydrogen (secondary N) is 1. The molecule has 0 atom stereocenters. The van der Waals surface area contributed by atoms with Crippen molar-refractivity contribution in [3.05, 3.63) is 28.5 Å². The molecule has 0 unspecified atom stereocenters. The average Bonchev–Trinajstić information content (AvgIpc) is 2.94. The second-order valence-electron chi connectivity index (χ2n) is 5.03. The van der Waals surface area contributed by atoms with Gasteiger partial charge in [0.05, 0.1) is 11.0 Å². The van der Waals surface area contributed by atoms with E-state index in [0.717, 1.165) is 33.7 Å². The van der Waals surface area contributed by atoms with Crippen molar-refractivity contribution in [2.45, 2.75) is 38.5 Å². The van der Waals surface area contributed by atoms with E-state index in [-0.39, 0.29) is 0 Å². The Bertz CT molecular complexity index is 512. The van der Waals surface area contributed by atoms with Crippen LogP contribution < -0.4 is 0 Å². The number of imidazole rings is 1. The molecule has 3 heteroatoms. The van der Waals surface area contributed by atoms with E-state index < -0.39 is 0 Å². The number of hydrogen-bond donors (Lipinski definition) is 1. The summed E-state index contributed by atoms with van der Waals surface area (Å²) in [5.74, 6) is 2.08. The first-order valence-electron chi connectivity index (χ1n) is 6.45. The lowest BCUT2D eigenvalue weighted by Crippen LogP contribution is -1.97. The monoisotopic (exact) mass is 292 g/mol. The third kappa shape index (κ3) is 2.54. The largest absolute Gasteiger partial charge is 0.342 e. The Morgan fingerprint density at radius 1 is 1.29 bits per heavy atom. The Hall–Kier alpha value is -0.830. The molecule has 3 rings (SSSR count). The van der Waals surface area contributed by atoms with Crippen molar-refractivity contribution in [1.82, 2.24) is 9.97 Å². The molecule has 90 valence electrons. The minimum absolute atomic E-state index is 0.940. The lowest BCUT2D eigenvalue weighted by atomic mass is 10.0. The minimum Gasteiger partial charge on any atom is -0.342 e. The second-order valence-corrected chi connectivity index (χ2v) is 5.95. The Morgan fingerprint density at radius 2 is 2.12 bits per heavy atom. The van der Waals surface area contributed by atoms with Crippen LogP contribution in [-0.2, 0) is 6.42 Å². The molecule has 0 radical (unpaired) electrons. The van der Waals surface area contributed by atoms with Crippen molar-refractivity contribution in [2.24, 2.45) is 5.92 Å². The van der Waals surface area contributed by atoms with Gasteiger partial charge < -0.3 is 4.98 Å². The van der Waals surface area contributed by atoms with E-state index in [4.69, 9.17) is 0 Å². The van der Waals surface area contributed by atoms with Crippen LogP contribution in [0.5, 0.6) is 0 Å². The van der Waals surface area contributed by atoms with Crippen LogP contribution >= 0.6 is 15.9 Å². The van der Waals surface area contributed by atoms with Crippen molar-refractivity contribution in [3.63, 3.8) is 0 Å². The van der Waals surface area contributed by atoms with Crippen molar-refractivity contribution in [2.75, 3.05) is 0 Å². The number of rotatable bonds is 3. The molecule has 1 aliphatic carbocycles. The number of aromatic nitrogens is 2. The number of aryl methyl sites for hydroxylation is 1. The minimum atomic E-state index is 0.940. The molecule has 1 fully saturated rings. The fourth-order valence-corrected chi connectivity index (χ4v) is 3.15. The zero-order chi connectivity index (χ0) is 11.7. The van der Waals surface area contributed by atoms with Crippen LogP contribution in [0.15, 0.2) is 22.7 Å². The molecule has 1 heterocycles. The first-order chi connectivity index (χ1) is 8.31. The lowest BCUT2D eigenvalue weighted by Gasteiger charge is -2.05. The molecule has 0 spiro atoms. The third-order valence-electron chi connectivity index (χ3n) is 3.76. The molecule has 0 aliphatic heterocycles. The molecule has 1 saturated carbocycles. The maximum absolute atomic E-state index is 4.64. The van der Waals surface area contributed by atoms with Crippen molar-refractivity contribution in [1.29, 1.82) is 0 Å². The first kappa shape index (κ1) is 11.3. The van der Waals surface area contributed by atoms with Crippen LogP contribution in [0.2, 0.25) is 0 Å². The Morgan fingerprint density at radius 3 is 2.94 bits per heavy atom. The molecular formula is C14H17BrN2. The summed E-state index contributed by atoms with van der Waals surface area (Å²) in [5.41, 5.74) is 2.22. The van der Waals surface area contributed by atoms with E-state index in [1.54, 1.807) is 0 Å². The fraction of sp³-hybridized carbons (Fsp3) is 0.500. The molecule has 0 bridgehead atoms. The van der Waals surface area contributed by atoms with Gasteiger partial charge in [-0.05, 0) is 30.5 Å². The van der Waals surface area contributed by atoms with Gasteiger partial charge in [-0.25, -0.2) is 4.98 Å². The van der Waals surface area contributed by atoms with Crippen molar-refractivity contribution in [3.8, 4) is 0 Å². The zero-order valence-electron chi connectivity index (χ0n) is 9.88. The SMILES string of the molecule is Brc1ccc2nc(CCC3CCCC3)[nH]c2c1. The van der Waals surface area contributed by atoms with Crippen LogP contribution in [0.1, 0.15) is 37.9 Å². The van der Waals surface area contributed by atoms with Gasteiger partial charge in [0.25, 0.3) is 0 Å². The van der Waals surface area contributed by atoms with Gasteiger partial charge in [0.15, 0.2) is 0 Å². The second kappa shape index (κ2) is 4.81. The van der Waals surface area contributed by atoms with Gasteiger partial charge in [0, 0.05) is 10.9 Å². The summed E-state index contributed by atoms with van der Waals surface area (Å²) in [6.45, 7) is 0. The number of hydrogen-bond acceptors (Lipinski definition) is 1. The van der Waals surface area contributed by atoms with Crippen LogP contribution in [0.4, 0.5) is 0 Å². The quantitative estimate of drug-likeness (QED) is 0.890. The van der Waals surface area contributed by atoms with Crippen LogP contribution in [-0.4, -0.2) is 9.97 Å². The summed E-state index contributed by atoms with van der Waals surface area (Å²) in [7, 11) is 0. The molecule has 1 aliphatic rings. The number of benzene rings is 1. The average molecular weight is 293 g/mol. The molecule has 0 saturated heterocycles. The fourth-order valence-electron chi connectivity index (χ4n) is 2.79. The normalized spacial score (nSPS) is 17.0. The predicted molar refractivity (Wildman–Crippen MR) is 74.1 cm³/mol. The standard InChI is InChI=1S/C14H17BrN2/c15-11-6-7-12-13(9-11)17-14(16-12)8-5-10-3-1-2-4-10/h6-7,9-10H,1-5,8H2,(H,16,17). The topological polar surface area (TPSA) is 28.7 Å². The van der Waals surface area contributed by atoms with Gasteiger partial charge in [0.2, 0.25) is 0 Å². The van der Waals surface area contributed by atoms with Gasteiger partial charge in [-0.15, -0.1) is 0 Å². The molecule has 1 aromatic carbocycles. The van der Waals surface area contributed by atoms with Gasteiger partial charge in [-0.2, -0.15) is 0 Å². The molecule has 0 amide bonds. The van der Waals surface area contributed by atoms with E-state index in [9.17, 15) is 0 Å². The highest BCUT2D eigenvalue weighted by Gasteiger charge is 2.15. The van der Waals surface area contributed by atoms with E-state index >= 15 is 0 Å². The van der Waals surface area contributed by atoms with Crippen molar-refractivity contribution >= 4 is 27.0 Å². The lowest BCUT2D eigenvalue weighted by molar-refractivity contribution is 0.498. The summed E-state index contributed by atoms with van der Waals surface area (Å²) in [4.78, 5) is 8.06. The zero-order valence-corrected chi connectivity index (χ0v) is 11.5. The summed E-state index contributed by atoms with van der Waals surface area (Å²) in [6, 6.07) is 6.21. The van der Waals surface area contributed by atoms with E-state index in [0.29, 0.717) is 0 Å². The van der Waals surface area contributed by atoms with Crippen LogP contribution in [0.3, 0.4) is 0 Å². The van der Waals surface area contributed by atoms with Gasteiger partial charge in [-0.3, -0.25) is 0 Å². The van der Waals surface area contributed by atoms with E-state index in [1.165, 1.54) is 32.1 Å². The highest BCUT2D eigenvalue weighted by molar-refractivity contribution is 9.10. The third-order valence-corrected chi connectivity index (χ3v) is 4.25. The molecule has 1 aromatic heterocycles. The van der Waals surface area contributed by atoms with Crippen molar-refractivity contribution < 1.29 is 0 Å². The maximum atomic E-state index is 4.64. The maximum Gasteiger partial charge on any atom is 0.107 e. The molecule has 17 heavy (non-hydrogen) atoms. The Labute approximate surface area is 110 Å². The first-order valence-corrected chi connectivity index (χ1v) is 7.25. The number of H-pyrrole nitrogens is 1. The number of aromatic amines is 1. The molecule has 2 aromatic rings. The summed E-state index contributed by atoms with van der Waals surface area (Å²) < 4.78 is 1.11. The molecule has 1 N–H and O–H groups in total. The summed E-state index contributed by atoms with van der Waals surface area (Å²) >= 11 is 3.49. The highest BCUT2D eigenvalue weighted by Crippen LogP contribution is 2.28. The van der Waals surface area contributed by atoms with Crippen LogP contribution in [0, 0.1) is 5.92 Å². The molecule has 2 nitrogen and oxygen atoms in total. The van der Waals surface area contributed by atoms with E-state index in [1.807, 2.05) is 6.07 Å². The van der Waals surface area contributed by atoms with Gasteiger partial charge in [0.1, 0.15) is 5.82 Å². The van der Waals surface area contributed by atoms with Gasteiger partial charge in [-0.1, -0.05) is 41.6 Å². The number of fused-ring (bicyclic) bond motifs is 1. The number of halogens is 1.